The Hall–Kier alpha value is -4.39. The predicted octanol–water partition coefficient (Wildman–Crippen LogP) is 2.87. The van der Waals surface area contributed by atoms with Crippen molar-refractivity contribution in [3.8, 4) is 40.1 Å². The van der Waals surface area contributed by atoms with Crippen LogP contribution < -0.4 is 14.2 Å². The van der Waals surface area contributed by atoms with E-state index in [1.54, 1.807) is 48.5 Å². The predicted molar refractivity (Wildman–Crippen MR) is 145 cm³/mol. The van der Waals surface area contributed by atoms with Crippen molar-refractivity contribution in [2.45, 2.75) is 30.7 Å². The van der Waals surface area contributed by atoms with Crippen molar-refractivity contribution < 1.29 is 54.0 Å². The van der Waals surface area contributed by atoms with E-state index in [9.17, 15) is 30.6 Å². The zero-order chi connectivity index (χ0) is 28.8. The molecule has 4 aromatic rings. The van der Waals surface area contributed by atoms with Crippen LogP contribution in [0.1, 0.15) is 11.1 Å². The van der Waals surface area contributed by atoms with Gasteiger partial charge in [-0.3, -0.25) is 0 Å². The SMILES string of the molecule is COc1cc(C2=Cc3c(O[C@@H]4O[C@H](CO)[C@@H](O)[C@H](O)[C@H]4O)c(-c4ccc(O)cc4)[o+]c4cccc(c34)O2)ccc1O. The Morgan fingerprint density at radius 3 is 2.39 bits per heavy atom. The first-order valence-electron chi connectivity index (χ1n) is 12.8. The Kier molecular flexibility index (Phi) is 6.89. The van der Waals surface area contributed by atoms with Crippen LogP contribution in [-0.4, -0.2) is 75.1 Å². The number of aliphatic hydroxyl groups is 4. The van der Waals surface area contributed by atoms with Crippen LogP contribution in [0.3, 0.4) is 0 Å². The Morgan fingerprint density at radius 1 is 0.902 bits per heavy atom. The lowest BCUT2D eigenvalue weighted by molar-refractivity contribution is -0.277. The van der Waals surface area contributed by atoms with E-state index in [1.165, 1.54) is 25.3 Å². The molecule has 0 bridgehead atoms. The van der Waals surface area contributed by atoms with Crippen LogP contribution >= 0.6 is 0 Å². The highest BCUT2D eigenvalue weighted by Crippen LogP contribution is 2.48. The summed E-state index contributed by atoms with van der Waals surface area (Å²) >= 11 is 0. The van der Waals surface area contributed by atoms with E-state index >= 15 is 0 Å². The third kappa shape index (κ3) is 4.69. The Morgan fingerprint density at radius 2 is 1.66 bits per heavy atom. The molecule has 2 aliphatic heterocycles. The van der Waals surface area contributed by atoms with E-state index in [2.05, 4.69) is 0 Å². The lowest BCUT2D eigenvalue weighted by Gasteiger charge is -2.39. The summed E-state index contributed by atoms with van der Waals surface area (Å²) in [4.78, 5) is 0. The monoisotopic (exact) mass is 563 g/mol. The maximum Gasteiger partial charge on any atom is 0.402 e. The normalized spacial score (nSPS) is 23.5. The molecule has 212 valence electrons. The lowest BCUT2D eigenvalue weighted by atomic mass is 9.98. The second kappa shape index (κ2) is 10.5. The van der Waals surface area contributed by atoms with Crippen molar-refractivity contribution >= 4 is 22.8 Å². The van der Waals surface area contributed by atoms with Gasteiger partial charge in [0.15, 0.2) is 11.5 Å². The molecular weight excluding hydrogens is 536 g/mol. The van der Waals surface area contributed by atoms with Crippen molar-refractivity contribution in [1.82, 2.24) is 0 Å². The van der Waals surface area contributed by atoms with Gasteiger partial charge >= 0.3 is 11.3 Å². The quantitative estimate of drug-likeness (QED) is 0.191. The van der Waals surface area contributed by atoms with E-state index in [0.717, 1.165) is 0 Å². The number of aromatic hydroxyl groups is 2. The molecule has 0 amide bonds. The number of ether oxygens (including phenoxy) is 4. The topological polar surface area (TPSA) is 170 Å². The van der Waals surface area contributed by atoms with E-state index in [4.69, 9.17) is 23.4 Å². The third-order valence-corrected chi connectivity index (χ3v) is 7.09. The van der Waals surface area contributed by atoms with Crippen LogP contribution in [0.4, 0.5) is 0 Å². The van der Waals surface area contributed by atoms with Crippen molar-refractivity contribution in [3.63, 3.8) is 0 Å². The van der Waals surface area contributed by atoms with Crippen LogP contribution in [0.5, 0.6) is 28.7 Å². The maximum absolute atomic E-state index is 10.8. The molecule has 1 fully saturated rings. The van der Waals surface area contributed by atoms with Gasteiger partial charge < -0.3 is 49.6 Å². The number of phenolic OH excluding ortho intramolecular Hbond substituents is 2. The first-order chi connectivity index (χ1) is 19.8. The summed E-state index contributed by atoms with van der Waals surface area (Å²) in [6.07, 6.45) is -5.92. The standard InChI is InChI=1S/C30H26O11/c1-37-22-11-15(7-10-18(22)33)21-12-17-24-19(38-21)3-2-4-20(24)39-28(14-5-8-16(32)9-6-14)29(17)41-30-27(36)26(35)25(34)23(13-31)40-30/h2-12,23,25-27,30-31,34-36H,13H2,1H3,(H-,32,33)/p+1/t23-,25-,26+,27-,30+/m1/s1. The van der Waals surface area contributed by atoms with Crippen LogP contribution in [0, 0.1) is 0 Å². The van der Waals surface area contributed by atoms with Gasteiger partial charge in [0.25, 0.3) is 0 Å². The maximum atomic E-state index is 10.8. The summed E-state index contributed by atoms with van der Waals surface area (Å²) in [5, 5.41) is 61.6. The molecule has 41 heavy (non-hydrogen) atoms. The van der Waals surface area contributed by atoms with Gasteiger partial charge in [-0.15, -0.1) is 0 Å². The smallest absolute Gasteiger partial charge is 0.402 e. The lowest BCUT2D eigenvalue weighted by Crippen LogP contribution is -2.60. The zero-order valence-electron chi connectivity index (χ0n) is 21.7. The molecule has 1 aromatic heterocycles. The van der Waals surface area contributed by atoms with Crippen molar-refractivity contribution in [1.29, 1.82) is 0 Å². The molecule has 11 heteroatoms. The zero-order valence-corrected chi connectivity index (χ0v) is 21.7. The average molecular weight is 564 g/mol. The second-order valence-corrected chi connectivity index (χ2v) is 9.66. The number of rotatable bonds is 6. The molecule has 0 aliphatic carbocycles. The minimum atomic E-state index is -1.68. The van der Waals surface area contributed by atoms with Crippen LogP contribution in [0.15, 0.2) is 65.1 Å². The Bertz CT molecular complexity index is 1630. The highest BCUT2D eigenvalue weighted by molar-refractivity contribution is 6.03. The van der Waals surface area contributed by atoms with E-state index in [1.807, 2.05) is 0 Å². The fourth-order valence-electron chi connectivity index (χ4n) is 4.93. The fourth-order valence-corrected chi connectivity index (χ4v) is 4.93. The highest BCUT2D eigenvalue weighted by atomic mass is 16.7. The molecule has 3 heterocycles. The summed E-state index contributed by atoms with van der Waals surface area (Å²) in [6.45, 7) is -0.630. The number of benzene rings is 3. The molecule has 5 atom stereocenters. The van der Waals surface area contributed by atoms with E-state index < -0.39 is 37.3 Å². The van der Waals surface area contributed by atoms with Gasteiger partial charge in [-0.25, -0.2) is 4.42 Å². The molecule has 1 saturated heterocycles. The summed E-state index contributed by atoms with van der Waals surface area (Å²) in [5.74, 6) is 1.35. The number of methoxy groups -OCH3 is 1. The van der Waals surface area contributed by atoms with Gasteiger partial charge in [0.2, 0.25) is 12.0 Å². The minimum Gasteiger partial charge on any atom is -0.508 e. The van der Waals surface area contributed by atoms with Crippen LogP contribution in [0.25, 0.3) is 34.1 Å². The van der Waals surface area contributed by atoms with Gasteiger partial charge in [0, 0.05) is 11.6 Å². The largest absolute Gasteiger partial charge is 0.508 e. The number of hydrogen-bond donors (Lipinski definition) is 6. The summed E-state index contributed by atoms with van der Waals surface area (Å²) in [7, 11) is 1.43. The molecule has 0 unspecified atom stereocenters. The summed E-state index contributed by atoms with van der Waals surface area (Å²) < 4.78 is 29.6. The Balaban J connectivity index is 1.57. The molecule has 6 rings (SSSR count). The third-order valence-electron chi connectivity index (χ3n) is 7.09. The molecule has 3 aromatic carbocycles. The van der Waals surface area contributed by atoms with Crippen molar-refractivity contribution in [2.75, 3.05) is 13.7 Å². The fraction of sp³-hybridized carbons (Fsp3) is 0.233. The van der Waals surface area contributed by atoms with Crippen molar-refractivity contribution in [3.05, 3.63) is 71.8 Å². The molecule has 0 radical (unpaired) electrons. The highest BCUT2D eigenvalue weighted by Gasteiger charge is 2.46. The van der Waals surface area contributed by atoms with Gasteiger partial charge in [-0.05, 0) is 60.7 Å². The molecule has 2 aliphatic rings. The van der Waals surface area contributed by atoms with E-state index in [0.29, 0.717) is 39.2 Å². The van der Waals surface area contributed by atoms with Crippen molar-refractivity contribution in [2.24, 2.45) is 0 Å². The number of phenols is 2. The molecular formula is C30H27O11+. The second-order valence-electron chi connectivity index (χ2n) is 9.66. The first kappa shape index (κ1) is 26.8. The van der Waals surface area contributed by atoms with Gasteiger partial charge in [0.05, 0.1) is 24.8 Å². The summed E-state index contributed by atoms with van der Waals surface area (Å²) in [6, 6.07) is 16.2. The first-order valence-corrected chi connectivity index (χ1v) is 12.8. The van der Waals surface area contributed by atoms with Gasteiger partial charge in [-0.1, -0.05) is 0 Å². The molecule has 6 N–H and O–H groups in total. The molecule has 0 saturated carbocycles. The molecule has 11 nitrogen and oxygen atoms in total. The Labute approximate surface area is 233 Å². The summed E-state index contributed by atoms with van der Waals surface area (Å²) in [5.41, 5.74) is 2.02. The van der Waals surface area contributed by atoms with Crippen LogP contribution in [0.2, 0.25) is 0 Å². The number of aliphatic hydroxyl groups excluding tert-OH is 4. The van der Waals surface area contributed by atoms with Gasteiger partial charge in [0.1, 0.15) is 47.1 Å². The minimum absolute atomic E-state index is 0.0337. The average Bonchev–Trinajstić information content (AvgIpc) is 2.99. The van der Waals surface area contributed by atoms with E-state index in [-0.39, 0.29) is 28.8 Å². The van der Waals surface area contributed by atoms with Gasteiger partial charge in [-0.2, -0.15) is 0 Å². The molecule has 0 spiro atoms. The number of hydrogen-bond acceptors (Lipinski definition) is 10. The van der Waals surface area contributed by atoms with Crippen LogP contribution in [-0.2, 0) is 4.74 Å².